The molecule has 3 fully saturated rings. The van der Waals surface area contributed by atoms with Gasteiger partial charge in [-0.2, -0.15) is 5.10 Å². The number of carbonyl (C=O) groups is 5. The van der Waals surface area contributed by atoms with E-state index in [2.05, 4.69) is 36.5 Å². The summed E-state index contributed by atoms with van der Waals surface area (Å²) < 4.78 is 13.2. The molecule has 2 aromatic carbocycles. The highest BCUT2D eigenvalue weighted by atomic mass is 16.5. The Labute approximate surface area is 327 Å². The number of carbonyl (C=O) groups excluding carboxylic acids is 4. The second-order valence-electron chi connectivity index (χ2n) is 14.7. The molecule has 0 radical (unpaired) electrons. The Kier molecular flexibility index (Phi) is 10.6. The monoisotopic (exact) mass is 777 g/mol. The smallest absolute Gasteiger partial charge is 0.311 e. The van der Waals surface area contributed by atoms with Crippen LogP contribution in [-0.2, 0) is 24.0 Å². The van der Waals surface area contributed by atoms with Gasteiger partial charge in [-0.25, -0.2) is 4.68 Å². The van der Waals surface area contributed by atoms with Crippen molar-refractivity contribution in [1.82, 2.24) is 30.2 Å². The van der Waals surface area contributed by atoms with Crippen LogP contribution in [0.4, 0.5) is 17.2 Å². The van der Waals surface area contributed by atoms with E-state index in [-0.39, 0.29) is 54.7 Å². The Balaban J connectivity index is 0.896. The number of esters is 1. The van der Waals surface area contributed by atoms with Crippen LogP contribution in [0.2, 0.25) is 0 Å². The summed E-state index contributed by atoms with van der Waals surface area (Å²) in [6.45, 7) is 2.55. The Morgan fingerprint density at radius 2 is 1.77 bits per heavy atom. The van der Waals surface area contributed by atoms with Gasteiger partial charge < -0.3 is 30.1 Å². The highest BCUT2D eigenvalue weighted by Crippen LogP contribution is 2.45. The Bertz CT molecular complexity index is 2220. The van der Waals surface area contributed by atoms with Crippen molar-refractivity contribution < 1.29 is 38.6 Å². The maximum absolute atomic E-state index is 13.6. The van der Waals surface area contributed by atoms with Crippen LogP contribution in [0, 0.1) is 0 Å². The highest BCUT2D eigenvalue weighted by Gasteiger charge is 2.38. The van der Waals surface area contributed by atoms with Crippen LogP contribution in [0.5, 0.6) is 11.5 Å². The number of nitrogen functional groups attached to an aromatic ring is 1. The Hall–Kier alpha value is -6.36. The predicted molar refractivity (Wildman–Crippen MR) is 206 cm³/mol. The fraction of sp³-hybridized carbons (Fsp3) is 0.400. The third-order valence-electron chi connectivity index (χ3n) is 11.3. The number of nitrogens with two attached hydrogens (primary N) is 1. The molecule has 0 bridgehead atoms. The van der Waals surface area contributed by atoms with E-state index in [0.717, 1.165) is 42.7 Å². The molecule has 4 N–H and O–H groups in total. The molecule has 4 aliphatic rings. The summed E-state index contributed by atoms with van der Waals surface area (Å²) in [5, 5.41) is 24.2. The summed E-state index contributed by atoms with van der Waals surface area (Å²) in [6, 6.07) is 14.4. The number of anilines is 3. The molecule has 1 aliphatic carbocycles. The van der Waals surface area contributed by atoms with Crippen molar-refractivity contribution in [3.63, 3.8) is 0 Å². The maximum Gasteiger partial charge on any atom is 0.311 e. The number of piperidine rings is 1. The molecular formula is C40H43N9O8. The minimum absolute atomic E-state index is 0.0258. The number of hydrogen-bond acceptors (Lipinski definition) is 13. The normalized spacial score (nSPS) is 21.4. The topological polar surface area (TPSA) is 215 Å². The number of carboxylic acid groups (broad SMARTS) is 1. The van der Waals surface area contributed by atoms with E-state index in [4.69, 9.17) is 20.3 Å². The quantitative estimate of drug-likeness (QED) is 0.120. The van der Waals surface area contributed by atoms with Gasteiger partial charge in [0.1, 0.15) is 29.8 Å². The van der Waals surface area contributed by atoms with Gasteiger partial charge in [0.05, 0.1) is 55.4 Å². The van der Waals surface area contributed by atoms with Crippen LogP contribution in [0.3, 0.4) is 0 Å². The number of imide groups is 1. The van der Waals surface area contributed by atoms with Crippen molar-refractivity contribution in [2.24, 2.45) is 0 Å². The number of hydrogen-bond donors (Lipinski definition) is 3. The van der Waals surface area contributed by atoms with Crippen LogP contribution in [0.25, 0.3) is 16.9 Å². The van der Waals surface area contributed by atoms with E-state index in [1.165, 1.54) is 4.68 Å². The van der Waals surface area contributed by atoms with Crippen LogP contribution in [0.15, 0.2) is 60.9 Å². The largest absolute Gasteiger partial charge is 0.489 e. The molecule has 3 amide bonds. The average Bonchev–Trinajstić information content (AvgIpc) is 3.70. The van der Waals surface area contributed by atoms with Crippen molar-refractivity contribution in [1.29, 1.82) is 0 Å². The Morgan fingerprint density at radius 1 is 0.947 bits per heavy atom. The molecule has 1 unspecified atom stereocenters. The van der Waals surface area contributed by atoms with E-state index in [0.29, 0.717) is 67.6 Å². The minimum atomic E-state index is -1.10. The van der Waals surface area contributed by atoms with E-state index in [9.17, 15) is 24.0 Å². The first-order valence-electron chi connectivity index (χ1n) is 19.2. The van der Waals surface area contributed by atoms with Crippen molar-refractivity contribution in [2.75, 3.05) is 48.3 Å². The molecule has 1 saturated carbocycles. The second-order valence-corrected chi connectivity index (χ2v) is 14.7. The number of carboxylic acids is 1. The highest BCUT2D eigenvalue weighted by molar-refractivity contribution is 6.02. The van der Waals surface area contributed by atoms with Crippen LogP contribution < -0.4 is 30.3 Å². The van der Waals surface area contributed by atoms with E-state index in [1.54, 1.807) is 47.6 Å². The lowest BCUT2D eigenvalue weighted by Crippen LogP contribution is -2.54. The van der Waals surface area contributed by atoms with Crippen LogP contribution in [0.1, 0.15) is 62.8 Å². The summed E-state index contributed by atoms with van der Waals surface area (Å²) in [5.74, 6) is -0.867. The zero-order valence-corrected chi connectivity index (χ0v) is 31.2. The van der Waals surface area contributed by atoms with Crippen LogP contribution >= 0.6 is 0 Å². The Morgan fingerprint density at radius 3 is 2.56 bits per heavy atom. The van der Waals surface area contributed by atoms with Crippen LogP contribution in [-0.4, -0.2) is 105 Å². The third-order valence-corrected chi connectivity index (χ3v) is 11.3. The maximum atomic E-state index is 13.6. The van der Waals surface area contributed by atoms with Gasteiger partial charge in [-0.05, 0) is 67.9 Å². The van der Waals surface area contributed by atoms with Gasteiger partial charge in [0, 0.05) is 31.1 Å². The van der Waals surface area contributed by atoms with Gasteiger partial charge in [-0.15, -0.1) is 10.2 Å². The van der Waals surface area contributed by atoms with Crippen molar-refractivity contribution in [3.05, 3.63) is 66.5 Å². The van der Waals surface area contributed by atoms with Gasteiger partial charge in [-0.1, -0.05) is 24.3 Å². The van der Waals surface area contributed by atoms with E-state index in [1.807, 2.05) is 12.1 Å². The lowest BCUT2D eigenvalue weighted by atomic mass is 9.80. The molecule has 8 rings (SSSR count). The number of piperazine rings is 1. The molecule has 2 saturated heterocycles. The molecule has 0 spiro atoms. The van der Waals surface area contributed by atoms with E-state index >= 15 is 0 Å². The number of para-hydroxylation sites is 2. The SMILES string of the molecule is Nc1nnc(-c2ccccc2OC(=O)CCC(=O)O)cc1-n1cc(N2CCN(C3CCC(c4cccc5c4OCCN5C4CCC(=O)NC4=O)CC3)CC2=O)cn1. The number of benzene rings is 2. The predicted octanol–water partition coefficient (Wildman–Crippen LogP) is 3.06. The molecule has 17 heteroatoms. The molecule has 4 aromatic rings. The first kappa shape index (κ1) is 37.6. The van der Waals surface area contributed by atoms with Crippen molar-refractivity contribution >= 4 is 46.9 Å². The second kappa shape index (κ2) is 16.0. The lowest BCUT2D eigenvalue weighted by molar-refractivity contribution is -0.142. The summed E-state index contributed by atoms with van der Waals surface area (Å²) in [4.78, 5) is 67.4. The fourth-order valence-corrected chi connectivity index (χ4v) is 8.39. The first-order valence-corrected chi connectivity index (χ1v) is 19.2. The summed E-state index contributed by atoms with van der Waals surface area (Å²) >= 11 is 0. The van der Waals surface area contributed by atoms with Crippen molar-refractivity contribution in [3.8, 4) is 28.4 Å². The summed E-state index contributed by atoms with van der Waals surface area (Å²) in [5.41, 5.74) is 10.1. The minimum Gasteiger partial charge on any atom is -0.489 e. The van der Waals surface area contributed by atoms with Gasteiger partial charge in [0.15, 0.2) is 5.82 Å². The number of ether oxygens (including phenoxy) is 2. The summed E-state index contributed by atoms with van der Waals surface area (Å²) in [7, 11) is 0. The molecule has 5 heterocycles. The van der Waals surface area contributed by atoms with Gasteiger partial charge in [0.25, 0.3) is 0 Å². The van der Waals surface area contributed by atoms with Gasteiger partial charge >= 0.3 is 11.9 Å². The number of fused-ring (bicyclic) bond motifs is 1. The molecule has 3 aliphatic heterocycles. The number of rotatable bonds is 10. The number of nitrogens with zero attached hydrogens (tertiary/aromatic N) is 7. The summed E-state index contributed by atoms with van der Waals surface area (Å²) in [6.07, 6.45) is 7.30. The number of aliphatic carboxylic acids is 1. The standard InChI is InChI=1S/C40H43N9O8/c41-39-32(20-29(44-45-39)28-4-1-2-7-33(28)57-37(54)15-14-36(52)53)49-22-26(21-42-49)47-17-16-46(23-35(47)51)25-10-8-24(9-11-25)27-5-3-6-30-38(27)56-19-18-48(30)31-12-13-34(50)43-40(31)55/h1-7,20-22,24-25,31H,8-19,23H2,(H2,41,45)(H,52,53)(H,43,50,55). The van der Waals surface area contributed by atoms with Gasteiger partial charge in [-0.3, -0.25) is 34.2 Å². The number of nitrogens with one attached hydrogen (secondary N) is 1. The third kappa shape index (κ3) is 7.87. The van der Waals surface area contributed by atoms with E-state index < -0.39 is 18.0 Å². The lowest BCUT2D eigenvalue weighted by Gasteiger charge is -2.42. The molecular weight excluding hydrogens is 734 g/mol. The number of aromatic nitrogens is 4. The molecule has 296 valence electrons. The zero-order valence-electron chi connectivity index (χ0n) is 31.2. The number of amides is 3. The first-order chi connectivity index (χ1) is 27.6. The molecule has 1 atom stereocenters. The molecule has 57 heavy (non-hydrogen) atoms. The van der Waals surface area contributed by atoms with Gasteiger partial charge in [0.2, 0.25) is 17.7 Å². The van der Waals surface area contributed by atoms with Crippen molar-refractivity contribution in [2.45, 2.75) is 69.4 Å². The zero-order chi connectivity index (χ0) is 39.6. The molecule has 17 nitrogen and oxygen atoms in total. The average molecular weight is 778 g/mol. The molecule has 2 aromatic heterocycles. The fourth-order valence-electron chi connectivity index (χ4n) is 8.39.